The van der Waals surface area contributed by atoms with E-state index in [2.05, 4.69) is 20.6 Å². The molecule has 1 atom stereocenters. The number of benzene rings is 2. The third-order valence-electron chi connectivity index (χ3n) is 4.08. The van der Waals surface area contributed by atoms with Crippen LogP contribution in [0.1, 0.15) is 19.4 Å². The molecule has 0 aliphatic carbocycles. The minimum absolute atomic E-state index is 0.0836. The number of carbonyl (C=O) groups is 3. The fourth-order valence-electron chi connectivity index (χ4n) is 2.68. The van der Waals surface area contributed by atoms with Crippen LogP contribution in [0.2, 0.25) is 0 Å². The highest BCUT2D eigenvalue weighted by molar-refractivity contribution is 6.01. The van der Waals surface area contributed by atoms with Crippen molar-refractivity contribution in [2.75, 3.05) is 5.32 Å². The lowest BCUT2D eigenvalue weighted by Crippen LogP contribution is -2.33. The van der Waals surface area contributed by atoms with Crippen LogP contribution in [0.4, 0.5) is 5.69 Å². The molecule has 0 bridgehead atoms. The Kier molecular flexibility index (Phi) is 6.11. The van der Waals surface area contributed by atoms with Gasteiger partial charge in [-0.1, -0.05) is 30.3 Å². The average Bonchev–Trinajstić information content (AvgIpc) is 3.07. The van der Waals surface area contributed by atoms with Crippen molar-refractivity contribution in [1.29, 1.82) is 0 Å². The molecule has 1 aromatic heterocycles. The number of amides is 2. The molecule has 0 spiro atoms. The van der Waals surface area contributed by atoms with Crippen LogP contribution in [0, 0.1) is 0 Å². The average molecular weight is 408 g/mol. The summed E-state index contributed by atoms with van der Waals surface area (Å²) >= 11 is 0. The normalized spacial score (nSPS) is 12.3. The first-order valence-corrected chi connectivity index (χ1v) is 9.10. The van der Waals surface area contributed by atoms with E-state index in [0.717, 1.165) is 0 Å². The Labute approximate surface area is 171 Å². The Morgan fingerprint density at radius 3 is 2.43 bits per heavy atom. The zero-order valence-electron chi connectivity index (χ0n) is 16.3. The molecule has 2 aromatic carbocycles. The lowest BCUT2D eigenvalue weighted by Gasteiger charge is -2.15. The number of aromatic nitrogens is 2. The summed E-state index contributed by atoms with van der Waals surface area (Å²) in [4.78, 5) is 52.9. The van der Waals surface area contributed by atoms with Crippen LogP contribution in [0.25, 0.3) is 17.1 Å². The topological polar surface area (TPSA) is 133 Å². The lowest BCUT2D eigenvalue weighted by molar-refractivity contribution is -0.149. The molecular formula is C21H20N4O5. The van der Waals surface area contributed by atoms with Crippen molar-refractivity contribution in [1.82, 2.24) is 15.3 Å². The quantitative estimate of drug-likeness (QED) is 0.365. The molecule has 1 heterocycles. The number of hydrogen-bond donors (Lipinski definition) is 4. The predicted molar refractivity (Wildman–Crippen MR) is 111 cm³/mol. The summed E-state index contributed by atoms with van der Waals surface area (Å²) in [6.45, 7) is 2.68. The molecule has 30 heavy (non-hydrogen) atoms. The summed E-state index contributed by atoms with van der Waals surface area (Å²) in [6, 6.07) is 13.7. The number of nitrogens with one attached hydrogen (secondary N) is 4. The standard InChI is InChI=1S/C21H20N4O5/c1-12(19(27)23-15-8-9-16-17(11-15)25-21(29)24-16)30-20(28)18(22-13(2)26)10-14-6-4-3-5-7-14/h3-12H,1-2H3,(H,22,26)(H,23,27)(H2,24,25,29)/b18-10-/t12-/m0/s1. The van der Waals surface area contributed by atoms with E-state index in [1.807, 2.05) is 6.07 Å². The number of imidazole rings is 1. The van der Waals surface area contributed by atoms with Crippen LogP contribution in [0.5, 0.6) is 0 Å². The second-order valence-electron chi connectivity index (χ2n) is 6.53. The molecule has 0 aliphatic heterocycles. The maximum Gasteiger partial charge on any atom is 0.355 e. The Hall–Kier alpha value is -4.14. The molecule has 4 N–H and O–H groups in total. The van der Waals surface area contributed by atoms with Gasteiger partial charge in [-0.05, 0) is 36.8 Å². The highest BCUT2D eigenvalue weighted by atomic mass is 16.5. The summed E-state index contributed by atoms with van der Waals surface area (Å²) in [7, 11) is 0. The highest BCUT2D eigenvalue weighted by Gasteiger charge is 2.21. The first-order valence-electron chi connectivity index (χ1n) is 9.10. The van der Waals surface area contributed by atoms with Gasteiger partial charge >= 0.3 is 11.7 Å². The minimum atomic E-state index is -1.13. The third kappa shape index (κ3) is 5.22. The third-order valence-corrected chi connectivity index (χ3v) is 4.08. The first-order chi connectivity index (χ1) is 14.3. The van der Waals surface area contributed by atoms with Gasteiger partial charge < -0.3 is 25.3 Å². The van der Waals surface area contributed by atoms with E-state index < -0.39 is 23.9 Å². The van der Waals surface area contributed by atoms with Crippen LogP contribution in [-0.2, 0) is 19.1 Å². The van der Waals surface area contributed by atoms with Crippen molar-refractivity contribution < 1.29 is 19.1 Å². The van der Waals surface area contributed by atoms with Crippen LogP contribution in [0.15, 0.2) is 59.0 Å². The van der Waals surface area contributed by atoms with Crippen molar-refractivity contribution in [2.24, 2.45) is 0 Å². The fourth-order valence-corrected chi connectivity index (χ4v) is 2.68. The maximum atomic E-state index is 12.5. The summed E-state index contributed by atoms with van der Waals surface area (Å²) in [5.74, 6) is -1.86. The molecule has 154 valence electrons. The van der Waals surface area contributed by atoms with Gasteiger partial charge in [0.2, 0.25) is 5.91 Å². The van der Waals surface area contributed by atoms with Gasteiger partial charge in [0.15, 0.2) is 6.10 Å². The van der Waals surface area contributed by atoms with Crippen LogP contribution in [-0.4, -0.2) is 33.9 Å². The smallest absolute Gasteiger partial charge is 0.355 e. The van der Waals surface area contributed by atoms with Crippen molar-refractivity contribution >= 4 is 40.6 Å². The molecule has 3 aromatic rings. The largest absolute Gasteiger partial charge is 0.448 e. The number of rotatable bonds is 6. The molecular weight excluding hydrogens is 388 g/mol. The zero-order chi connectivity index (χ0) is 21.7. The Morgan fingerprint density at radius 2 is 1.73 bits per heavy atom. The van der Waals surface area contributed by atoms with Crippen molar-refractivity contribution in [3.8, 4) is 0 Å². The van der Waals surface area contributed by atoms with Gasteiger partial charge in [0, 0.05) is 12.6 Å². The van der Waals surface area contributed by atoms with Gasteiger partial charge in [-0.2, -0.15) is 0 Å². The number of ether oxygens (including phenoxy) is 1. The number of aromatic amines is 2. The van der Waals surface area contributed by atoms with Crippen LogP contribution < -0.4 is 16.3 Å². The summed E-state index contributed by atoms with van der Waals surface area (Å²) in [6.07, 6.45) is 0.330. The summed E-state index contributed by atoms with van der Waals surface area (Å²) < 4.78 is 5.21. The van der Waals surface area contributed by atoms with Crippen molar-refractivity contribution in [2.45, 2.75) is 20.0 Å². The van der Waals surface area contributed by atoms with Gasteiger partial charge in [-0.15, -0.1) is 0 Å². The number of anilines is 1. The van der Waals surface area contributed by atoms with Gasteiger partial charge in [0.25, 0.3) is 5.91 Å². The number of fused-ring (bicyclic) bond motifs is 1. The van der Waals surface area contributed by atoms with E-state index >= 15 is 0 Å². The highest BCUT2D eigenvalue weighted by Crippen LogP contribution is 2.15. The number of esters is 1. The molecule has 0 unspecified atom stereocenters. The number of H-pyrrole nitrogens is 2. The molecule has 0 saturated carbocycles. The Balaban J connectivity index is 1.69. The van der Waals surface area contributed by atoms with Crippen LogP contribution >= 0.6 is 0 Å². The molecule has 0 saturated heterocycles. The van der Waals surface area contributed by atoms with E-state index in [0.29, 0.717) is 22.3 Å². The van der Waals surface area contributed by atoms with Crippen LogP contribution in [0.3, 0.4) is 0 Å². The molecule has 0 radical (unpaired) electrons. The monoisotopic (exact) mass is 408 g/mol. The predicted octanol–water partition coefficient (Wildman–Crippen LogP) is 1.90. The van der Waals surface area contributed by atoms with Gasteiger partial charge in [-0.3, -0.25) is 9.59 Å². The Bertz CT molecular complexity index is 1180. The van der Waals surface area contributed by atoms with Gasteiger partial charge in [0.05, 0.1) is 11.0 Å². The SMILES string of the molecule is CC(=O)N/C(=C\c1ccccc1)C(=O)O[C@@H](C)C(=O)Nc1ccc2[nH]c(=O)[nH]c2c1. The van der Waals surface area contributed by atoms with Crippen molar-refractivity contribution in [3.05, 3.63) is 70.3 Å². The maximum absolute atomic E-state index is 12.5. The van der Waals surface area contributed by atoms with E-state index in [1.165, 1.54) is 19.9 Å². The number of carbonyl (C=O) groups excluding carboxylic acids is 3. The number of hydrogen-bond acceptors (Lipinski definition) is 5. The van der Waals surface area contributed by atoms with Crippen molar-refractivity contribution in [3.63, 3.8) is 0 Å². The van der Waals surface area contributed by atoms with E-state index in [4.69, 9.17) is 4.74 Å². The minimum Gasteiger partial charge on any atom is -0.448 e. The molecule has 0 aliphatic rings. The lowest BCUT2D eigenvalue weighted by atomic mass is 10.2. The second kappa shape index (κ2) is 8.91. The van der Waals surface area contributed by atoms with Gasteiger partial charge in [0.1, 0.15) is 5.70 Å². The molecule has 9 nitrogen and oxygen atoms in total. The molecule has 2 amide bonds. The summed E-state index contributed by atoms with van der Waals surface area (Å²) in [5, 5.41) is 5.04. The molecule has 3 rings (SSSR count). The van der Waals surface area contributed by atoms with E-state index in [-0.39, 0.29) is 11.4 Å². The first kappa shape index (κ1) is 20.6. The fraction of sp³-hybridized carbons (Fsp3) is 0.143. The summed E-state index contributed by atoms with van der Waals surface area (Å²) in [5.41, 5.74) is 1.80. The molecule has 0 fully saturated rings. The second-order valence-corrected chi connectivity index (χ2v) is 6.53. The molecule has 9 heteroatoms. The zero-order valence-corrected chi connectivity index (χ0v) is 16.3. The van der Waals surface area contributed by atoms with Gasteiger partial charge in [-0.25, -0.2) is 9.59 Å². The van der Waals surface area contributed by atoms with E-state index in [1.54, 1.807) is 42.5 Å². The Morgan fingerprint density at radius 1 is 1.03 bits per heavy atom. The van der Waals surface area contributed by atoms with E-state index in [9.17, 15) is 19.2 Å².